The molecule has 0 bridgehead atoms. The van der Waals surface area contributed by atoms with E-state index in [0.29, 0.717) is 43.1 Å². The van der Waals surface area contributed by atoms with Crippen LogP contribution < -0.4 is 9.47 Å². The van der Waals surface area contributed by atoms with Crippen LogP contribution in [0.3, 0.4) is 0 Å². The number of rotatable bonds is 5. The van der Waals surface area contributed by atoms with E-state index in [0.717, 1.165) is 27.9 Å². The first-order valence-electron chi connectivity index (χ1n) is 12.6. The minimum atomic E-state index is -0.730. The zero-order valence-electron chi connectivity index (χ0n) is 20.9. The van der Waals surface area contributed by atoms with Gasteiger partial charge in [-0.3, -0.25) is 9.48 Å². The van der Waals surface area contributed by atoms with E-state index in [1.165, 1.54) is 0 Å². The fraction of sp³-hybridized carbons (Fsp3) is 0.379. The van der Waals surface area contributed by atoms with Crippen molar-refractivity contribution in [1.29, 1.82) is 0 Å². The van der Waals surface area contributed by atoms with Crippen LogP contribution in [-0.4, -0.2) is 39.5 Å². The lowest BCUT2D eigenvalue weighted by atomic mass is 9.86. The van der Waals surface area contributed by atoms with Crippen molar-refractivity contribution in [3.8, 4) is 23.3 Å². The van der Waals surface area contributed by atoms with E-state index in [-0.39, 0.29) is 17.7 Å². The Kier molecular flexibility index (Phi) is 7.50. The molecule has 0 N–H and O–H groups in total. The highest BCUT2D eigenvalue weighted by Crippen LogP contribution is 2.44. The molecule has 37 heavy (non-hydrogen) atoms. The van der Waals surface area contributed by atoms with Gasteiger partial charge in [0, 0.05) is 49.1 Å². The maximum absolute atomic E-state index is 13.5. The summed E-state index contributed by atoms with van der Waals surface area (Å²) in [7, 11) is 0. The summed E-state index contributed by atoms with van der Waals surface area (Å²) >= 11 is 9.46. The van der Waals surface area contributed by atoms with Crippen molar-refractivity contribution < 1.29 is 14.3 Å². The number of hydrogen-bond donors (Lipinski definition) is 0. The summed E-state index contributed by atoms with van der Waals surface area (Å²) < 4.78 is 15.4. The van der Waals surface area contributed by atoms with Crippen molar-refractivity contribution in [2.24, 2.45) is 5.92 Å². The number of nitrogens with zero attached hydrogens (tertiary/aromatic N) is 3. The van der Waals surface area contributed by atoms with Crippen LogP contribution in [0.25, 0.3) is 0 Å². The maximum Gasteiger partial charge on any atom is 0.255 e. The van der Waals surface area contributed by atoms with Gasteiger partial charge in [-0.2, -0.15) is 5.10 Å². The molecule has 1 amide bonds. The first kappa shape index (κ1) is 25.7. The van der Waals surface area contributed by atoms with E-state index in [1.54, 1.807) is 6.20 Å². The van der Waals surface area contributed by atoms with Gasteiger partial charge in [0.25, 0.3) is 5.79 Å². The van der Waals surface area contributed by atoms with Crippen molar-refractivity contribution in [2.75, 3.05) is 13.1 Å². The highest BCUT2D eigenvalue weighted by atomic mass is 79.9. The minimum absolute atomic E-state index is 0.141. The summed E-state index contributed by atoms with van der Waals surface area (Å²) in [5, 5.41) is 4.92. The Hall–Kier alpha value is -2.95. The van der Waals surface area contributed by atoms with E-state index in [2.05, 4.69) is 46.7 Å². The minimum Gasteiger partial charge on any atom is -0.448 e. The number of carbonyl (C=O) groups is 1. The Balaban J connectivity index is 1.19. The average molecular weight is 583 g/mol. The summed E-state index contributed by atoms with van der Waals surface area (Å²) in [6, 6.07) is 13.4. The van der Waals surface area contributed by atoms with Crippen molar-refractivity contribution in [1.82, 2.24) is 14.7 Å². The highest BCUT2D eigenvalue weighted by Gasteiger charge is 2.46. The van der Waals surface area contributed by atoms with E-state index in [9.17, 15) is 4.79 Å². The number of benzene rings is 2. The molecule has 2 aliphatic rings. The van der Waals surface area contributed by atoms with Crippen LogP contribution in [0, 0.1) is 17.8 Å². The predicted octanol–water partition coefficient (Wildman–Crippen LogP) is 6.27. The fourth-order valence-electron chi connectivity index (χ4n) is 4.92. The average Bonchev–Trinajstić information content (AvgIpc) is 3.45. The molecule has 0 radical (unpaired) electrons. The fourth-order valence-corrected chi connectivity index (χ4v) is 5.37. The lowest BCUT2D eigenvalue weighted by Crippen LogP contribution is -2.52. The van der Waals surface area contributed by atoms with Gasteiger partial charge in [-0.1, -0.05) is 49.4 Å². The van der Waals surface area contributed by atoms with E-state index in [4.69, 9.17) is 21.1 Å². The normalized spacial score (nSPS) is 16.5. The number of ether oxygens (including phenoxy) is 2. The number of aryl methyl sites for hydroxylation is 1. The van der Waals surface area contributed by atoms with Crippen molar-refractivity contribution in [2.45, 2.75) is 51.4 Å². The number of hydrogen-bond acceptors (Lipinski definition) is 4. The van der Waals surface area contributed by atoms with E-state index in [1.807, 2.05) is 58.2 Å². The van der Waals surface area contributed by atoms with Crippen molar-refractivity contribution >= 4 is 33.4 Å². The number of aromatic nitrogens is 2. The number of amides is 1. The zero-order chi connectivity index (χ0) is 26.0. The smallest absolute Gasteiger partial charge is 0.255 e. The quantitative estimate of drug-likeness (QED) is 0.333. The van der Waals surface area contributed by atoms with Gasteiger partial charge >= 0.3 is 0 Å². The second kappa shape index (κ2) is 10.8. The molecule has 1 atom stereocenters. The molecule has 3 heterocycles. The monoisotopic (exact) mass is 581 g/mol. The second-order valence-corrected chi connectivity index (χ2v) is 11.2. The van der Waals surface area contributed by atoms with Gasteiger partial charge in [-0.25, -0.2) is 0 Å². The van der Waals surface area contributed by atoms with Crippen LogP contribution in [0.4, 0.5) is 0 Å². The van der Waals surface area contributed by atoms with Crippen LogP contribution in [0.5, 0.6) is 11.5 Å². The summed E-state index contributed by atoms with van der Waals surface area (Å²) in [6.07, 6.45) is 5.62. The zero-order valence-corrected chi connectivity index (χ0v) is 23.3. The molecule has 5 rings (SSSR count). The van der Waals surface area contributed by atoms with Gasteiger partial charge in [0.2, 0.25) is 5.91 Å². The third-order valence-electron chi connectivity index (χ3n) is 6.83. The molecule has 0 saturated carbocycles. The second-order valence-electron chi connectivity index (χ2n) is 9.85. The molecule has 1 fully saturated rings. The van der Waals surface area contributed by atoms with Gasteiger partial charge < -0.3 is 14.4 Å². The van der Waals surface area contributed by atoms with Gasteiger partial charge in [-0.15, -0.1) is 0 Å². The molecule has 3 aromatic rings. The lowest BCUT2D eigenvalue weighted by Gasteiger charge is -2.39. The maximum atomic E-state index is 13.5. The predicted molar refractivity (Wildman–Crippen MR) is 147 cm³/mol. The molecular weight excluding hydrogens is 554 g/mol. The highest BCUT2D eigenvalue weighted by molar-refractivity contribution is 9.10. The first-order chi connectivity index (χ1) is 17.8. The SMILES string of the molecule is CC(C)[C@H](C(=O)N1CCC2(CC1)Oc1ccc(C#CCCn3cc(Br)cn3)cc1O2)c1ccc(Cl)cc1. The third kappa shape index (κ3) is 5.81. The molecule has 0 aliphatic carbocycles. The van der Waals surface area contributed by atoms with Crippen LogP contribution in [0.15, 0.2) is 59.3 Å². The van der Waals surface area contributed by atoms with Gasteiger partial charge in [0.05, 0.1) is 23.1 Å². The third-order valence-corrected chi connectivity index (χ3v) is 7.50. The summed E-state index contributed by atoms with van der Waals surface area (Å²) in [5.74, 6) is 7.23. The van der Waals surface area contributed by atoms with Crippen molar-refractivity contribution in [3.05, 3.63) is 75.5 Å². The molecule has 2 aromatic carbocycles. The van der Waals surface area contributed by atoms with Crippen LogP contribution >= 0.6 is 27.5 Å². The summed E-state index contributed by atoms with van der Waals surface area (Å²) in [4.78, 5) is 15.4. The van der Waals surface area contributed by atoms with Gasteiger partial charge in [0.15, 0.2) is 11.5 Å². The molecule has 8 heteroatoms. The largest absolute Gasteiger partial charge is 0.448 e. The van der Waals surface area contributed by atoms with E-state index >= 15 is 0 Å². The Morgan fingerprint density at radius 1 is 1.14 bits per heavy atom. The van der Waals surface area contributed by atoms with Crippen LogP contribution in [0.1, 0.15) is 50.2 Å². The molecule has 1 saturated heterocycles. The number of piperidine rings is 1. The summed E-state index contributed by atoms with van der Waals surface area (Å²) in [5.41, 5.74) is 1.88. The molecule has 1 spiro atoms. The number of likely N-dealkylation sites (tertiary alicyclic amines) is 1. The van der Waals surface area contributed by atoms with Gasteiger partial charge in [0.1, 0.15) is 0 Å². The molecule has 192 valence electrons. The number of halogens is 2. The molecule has 0 unspecified atom stereocenters. The number of fused-ring (bicyclic) bond motifs is 1. The van der Waals surface area contributed by atoms with E-state index < -0.39 is 5.79 Å². The standard InChI is InChI=1S/C29H29BrClN3O3/c1-20(2)27(22-7-9-24(31)10-8-22)28(35)33-15-12-29(13-16-33)36-25-11-6-21(17-26(25)37-29)5-3-4-14-34-19-23(30)18-32-34/h6-11,17-20,27H,4,12-16H2,1-2H3/t27-/m0/s1. The summed E-state index contributed by atoms with van der Waals surface area (Å²) in [6.45, 7) is 6.07. The number of carbonyl (C=O) groups excluding carboxylic acids is 1. The van der Waals surface area contributed by atoms with Crippen LogP contribution in [0.2, 0.25) is 5.02 Å². The topological polar surface area (TPSA) is 56.6 Å². The Morgan fingerprint density at radius 2 is 1.86 bits per heavy atom. The lowest BCUT2D eigenvalue weighted by molar-refractivity contribution is -0.148. The first-order valence-corrected chi connectivity index (χ1v) is 13.7. The molecule has 6 nitrogen and oxygen atoms in total. The van der Waals surface area contributed by atoms with Crippen molar-refractivity contribution in [3.63, 3.8) is 0 Å². The Morgan fingerprint density at radius 3 is 2.54 bits per heavy atom. The molecular formula is C29H29BrClN3O3. The molecule has 1 aromatic heterocycles. The Labute approximate surface area is 231 Å². The molecule has 2 aliphatic heterocycles. The van der Waals surface area contributed by atoms with Crippen LogP contribution in [-0.2, 0) is 11.3 Å². The van der Waals surface area contributed by atoms with Gasteiger partial charge in [-0.05, 0) is 57.7 Å². The Bertz CT molecular complexity index is 1330.